The molecule has 1 fully saturated rings. The highest BCUT2D eigenvalue weighted by Crippen LogP contribution is 2.37. The molecule has 0 atom stereocenters. The van der Waals surface area contributed by atoms with Crippen LogP contribution in [0.3, 0.4) is 0 Å². The number of halogens is 1. The van der Waals surface area contributed by atoms with Crippen molar-refractivity contribution in [2.45, 2.75) is 45.8 Å². The molecule has 2 heterocycles. The Morgan fingerprint density at radius 2 is 1.74 bits per heavy atom. The lowest BCUT2D eigenvalue weighted by molar-refractivity contribution is 0.00578. The molecule has 0 unspecified atom stereocenters. The third-order valence-electron chi connectivity index (χ3n) is 4.83. The van der Waals surface area contributed by atoms with E-state index in [9.17, 15) is 0 Å². The molecule has 0 saturated carbocycles. The molecule has 0 amide bonds. The molecule has 6 heteroatoms. The number of methoxy groups -OCH3 is 1. The van der Waals surface area contributed by atoms with Crippen LogP contribution in [0.15, 0.2) is 18.2 Å². The predicted molar refractivity (Wildman–Crippen MR) is 93.8 cm³/mol. The number of rotatable bonds is 2. The second-order valence-corrected chi connectivity index (χ2v) is 7.28. The maximum atomic E-state index is 6.63. The maximum absolute atomic E-state index is 6.63. The van der Waals surface area contributed by atoms with E-state index in [1.165, 1.54) is 0 Å². The molecule has 1 aromatic carbocycles. The van der Waals surface area contributed by atoms with Crippen LogP contribution in [0.2, 0.25) is 5.02 Å². The predicted octanol–water partition coefficient (Wildman–Crippen LogP) is 3.50. The Balaban J connectivity index is 2.10. The van der Waals surface area contributed by atoms with Crippen molar-refractivity contribution in [3.8, 4) is 5.75 Å². The second-order valence-electron chi connectivity index (χ2n) is 6.90. The first-order valence-corrected chi connectivity index (χ1v) is 8.03. The van der Waals surface area contributed by atoms with E-state index in [2.05, 4.69) is 4.98 Å². The van der Waals surface area contributed by atoms with Crippen molar-refractivity contribution in [3.63, 3.8) is 0 Å². The fraction of sp³-hybridized carbons (Fsp3) is 0.471. The molecule has 23 heavy (non-hydrogen) atoms. The van der Waals surface area contributed by atoms with Crippen LogP contribution in [0.4, 0.5) is 0 Å². The van der Waals surface area contributed by atoms with E-state index >= 15 is 0 Å². The van der Waals surface area contributed by atoms with E-state index in [1.807, 2.05) is 52.8 Å². The second kappa shape index (κ2) is 5.37. The van der Waals surface area contributed by atoms with E-state index in [-0.39, 0.29) is 0 Å². The molecule has 4 nitrogen and oxygen atoms in total. The van der Waals surface area contributed by atoms with Crippen molar-refractivity contribution in [1.29, 1.82) is 0 Å². The number of ether oxygens (including phenoxy) is 1. The molecule has 1 saturated heterocycles. The highest BCUT2D eigenvalue weighted by molar-refractivity contribution is 6.66. The van der Waals surface area contributed by atoms with Gasteiger partial charge in [0.05, 0.1) is 29.5 Å². The Kier molecular flexibility index (Phi) is 3.86. The van der Waals surface area contributed by atoms with Gasteiger partial charge < -0.3 is 14.0 Å². The molecule has 1 aliphatic rings. The maximum Gasteiger partial charge on any atom is 0.496 e. The van der Waals surface area contributed by atoms with Crippen molar-refractivity contribution in [2.24, 2.45) is 0 Å². The van der Waals surface area contributed by atoms with Crippen LogP contribution in [-0.4, -0.2) is 30.4 Å². The average Bonchev–Trinajstić information content (AvgIpc) is 2.67. The van der Waals surface area contributed by atoms with Crippen LogP contribution >= 0.6 is 11.6 Å². The Hall–Kier alpha value is -1.30. The van der Waals surface area contributed by atoms with E-state index in [0.29, 0.717) is 10.8 Å². The number of hydrogen-bond acceptors (Lipinski definition) is 4. The monoisotopic (exact) mass is 333 g/mol. The van der Waals surface area contributed by atoms with Crippen molar-refractivity contribution >= 4 is 35.1 Å². The molecule has 1 aromatic heterocycles. The zero-order valence-electron chi connectivity index (χ0n) is 14.4. The molecule has 0 radical (unpaired) electrons. The van der Waals surface area contributed by atoms with Gasteiger partial charge in [-0.2, -0.15) is 0 Å². The molecule has 0 aliphatic carbocycles. The first-order chi connectivity index (χ1) is 10.7. The van der Waals surface area contributed by atoms with Gasteiger partial charge in [-0.3, -0.25) is 0 Å². The molecule has 2 aromatic rings. The molecular weight excluding hydrogens is 312 g/mol. The summed E-state index contributed by atoms with van der Waals surface area (Å²) in [6, 6.07) is 5.77. The smallest absolute Gasteiger partial charge is 0.495 e. The van der Waals surface area contributed by atoms with Gasteiger partial charge in [0.25, 0.3) is 0 Å². The first-order valence-electron chi connectivity index (χ1n) is 7.65. The molecular formula is C17H21BClNO3. The minimum Gasteiger partial charge on any atom is -0.495 e. The van der Waals surface area contributed by atoms with Gasteiger partial charge in [0.2, 0.25) is 0 Å². The summed E-state index contributed by atoms with van der Waals surface area (Å²) in [5.41, 5.74) is 1.66. The third-order valence-corrected chi connectivity index (χ3v) is 5.26. The summed E-state index contributed by atoms with van der Waals surface area (Å²) in [5, 5.41) is 1.42. The summed E-state index contributed by atoms with van der Waals surface area (Å²) in [6.45, 7) is 10.0. The highest BCUT2D eigenvalue weighted by Gasteiger charge is 2.52. The SMILES string of the molecule is COc1cc2c(Cl)c(B3OC(C)(C)C(C)(C)O3)ccc2nc1C. The van der Waals surface area contributed by atoms with Crippen LogP contribution in [-0.2, 0) is 9.31 Å². The van der Waals surface area contributed by atoms with E-state index < -0.39 is 18.3 Å². The summed E-state index contributed by atoms with van der Waals surface area (Å²) in [5.74, 6) is 0.713. The van der Waals surface area contributed by atoms with Crippen LogP contribution in [0.25, 0.3) is 10.9 Å². The lowest BCUT2D eigenvalue weighted by atomic mass is 9.78. The minimum atomic E-state index is -0.496. The van der Waals surface area contributed by atoms with Gasteiger partial charge in [-0.05, 0) is 46.8 Å². The van der Waals surface area contributed by atoms with E-state index in [0.717, 1.165) is 22.1 Å². The molecule has 3 rings (SSSR count). The van der Waals surface area contributed by atoms with Crippen molar-refractivity contribution in [2.75, 3.05) is 7.11 Å². The summed E-state index contributed by atoms with van der Waals surface area (Å²) in [6.07, 6.45) is 0. The Labute approximate surface area is 142 Å². The van der Waals surface area contributed by atoms with Gasteiger partial charge in [-0.25, -0.2) is 4.98 Å². The zero-order chi connectivity index (χ0) is 17.0. The first kappa shape index (κ1) is 16.6. The normalized spacial score (nSPS) is 19.3. The number of benzene rings is 1. The number of aryl methyl sites for hydroxylation is 1. The molecule has 0 spiro atoms. The number of pyridine rings is 1. The zero-order valence-corrected chi connectivity index (χ0v) is 15.1. The van der Waals surface area contributed by atoms with Crippen LogP contribution in [0.1, 0.15) is 33.4 Å². The van der Waals surface area contributed by atoms with Crippen molar-refractivity contribution in [1.82, 2.24) is 4.98 Å². The van der Waals surface area contributed by atoms with Gasteiger partial charge in [-0.15, -0.1) is 0 Å². The average molecular weight is 334 g/mol. The topological polar surface area (TPSA) is 40.6 Å². The van der Waals surface area contributed by atoms with Gasteiger partial charge in [-0.1, -0.05) is 17.7 Å². The number of fused-ring (bicyclic) bond motifs is 1. The summed E-state index contributed by atoms with van der Waals surface area (Å²) in [4.78, 5) is 4.54. The summed E-state index contributed by atoms with van der Waals surface area (Å²) in [7, 11) is 1.13. The molecule has 0 bridgehead atoms. The fourth-order valence-electron chi connectivity index (χ4n) is 2.66. The van der Waals surface area contributed by atoms with Gasteiger partial charge in [0.15, 0.2) is 0 Å². The quantitative estimate of drug-likeness (QED) is 0.789. The molecule has 0 N–H and O–H groups in total. The summed E-state index contributed by atoms with van der Waals surface area (Å²) < 4.78 is 17.6. The number of nitrogens with zero attached hydrogens (tertiary/aromatic N) is 1. The lowest BCUT2D eigenvalue weighted by Gasteiger charge is -2.32. The lowest BCUT2D eigenvalue weighted by Crippen LogP contribution is -2.41. The highest BCUT2D eigenvalue weighted by atomic mass is 35.5. The van der Waals surface area contributed by atoms with Crippen LogP contribution < -0.4 is 10.2 Å². The largest absolute Gasteiger partial charge is 0.496 e. The molecule has 1 aliphatic heterocycles. The number of aromatic nitrogens is 1. The Morgan fingerprint density at radius 1 is 1.13 bits per heavy atom. The van der Waals surface area contributed by atoms with Gasteiger partial charge in [0.1, 0.15) is 5.75 Å². The van der Waals surface area contributed by atoms with Crippen LogP contribution in [0.5, 0.6) is 5.75 Å². The minimum absolute atomic E-state index is 0.404. The van der Waals surface area contributed by atoms with E-state index in [1.54, 1.807) is 7.11 Å². The Bertz CT molecular complexity index is 760. The van der Waals surface area contributed by atoms with Gasteiger partial charge >= 0.3 is 7.12 Å². The van der Waals surface area contributed by atoms with Crippen molar-refractivity contribution < 1.29 is 14.0 Å². The standard InChI is InChI=1S/C17H21BClNO3/c1-10-14(21-6)9-11-13(20-10)8-7-12(15(11)19)18-22-16(2,3)17(4,5)23-18/h7-9H,1-6H3. The van der Waals surface area contributed by atoms with Crippen molar-refractivity contribution in [3.05, 3.63) is 28.9 Å². The van der Waals surface area contributed by atoms with Crippen LogP contribution in [0, 0.1) is 6.92 Å². The van der Waals surface area contributed by atoms with Gasteiger partial charge in [0, 0.05) is 15.9 Å². The van der Waals surface area contributed by atoms with E-state index in [4.69, 9.17) is 25.6 Å². The summed E-state index contributed by atoms with van der Waals surface area (Å²) >= 11 is 6.63. The fourth-order valence-corrected chi connectivity index (χ4v) is 2.97. The molecule has 122 valence electrons. The Morgan fingerprint density at radius 3 is 2.30 bits per heavy atom. The number of hydrogen-bond donors (Lipinski definition) is 0. The third kappa shape index (κ3) is 2.61.